The quantitative estimate of drug-likeness (QED) is 0.491. The van der Waals surface area contributed by atoms with Crippen LogP contribution in [0, 0.1) is 10.1 Å². The number of hydrogen-bond donors (Lipinski definition) is 2. The Labute approximate surface area is 116 Å². The van der Waals surface area contributed by atoms with Crippen molar-refractivity contribution >= 4 is 11.6 Å². The first-order valence-corrected chi connectivity index (χ1v) is 6.51. The van der Waals surface area contributed by atoms with Crippen LogP contribution in [0.3, 0.4) is 0 Å². The average Bonchev–Trinajstić information content (AvgIpc) is 2.91. The highest BCUT2D eigenvalue weighted by Crippen LogP contribution is 2.23. The van der Waals surface area contributed by atoms with Crippen molar-refractivity contribution in [2.24, 2.45) is 0 Å². The molecule has 2 rings (SSSR count). The molecule has 20 heavy (non-hydrogen) atoms. The summed E-state index contributed by atoms with van der Waals surface area (Å²) in [5.41, 5.74) is 0.895. The van der Waals surface area contributed by atoms with Gasteiger partial charge in [0.1, 0.15) is 11.3 Å². The fourth-order valence-corrected chi connectivity index (χ4v) is 2.26. The highest BCUT2D eigenvalue weighted by Gasteiger charge is 2.20. The topological polar surface area (TPSA) is 92.5 Å². The van der Waals surface area contributed by atoms with Crippen molar-refractivity contribution < 1.29 is 14.8 Å². The Morgan fingerprint density at radius 1 is 1.45 bits per heavy atom. The summed E-state index contributed by atoms with van der Waals surface area (Å²) in [6, 6.07) is 3.43. The third kappa shape index (κ3) is 3.34. The zero-order valence-corrected chi connectivity index (χ0v) is 11.0. The van der Waals surface area contributed by atoms with Gasteiger partial charge in [-0.3, -0.25) is 14.9 Å². The van der Waals surface area contributed by atoms with Crippen molar-refractivity contribution in [3.8, 4) is 5.75 Å². The summed E-state index contributed by atoms with van der Waals surface area (Å²) in [6.45, 7) is 0.442. The number of amides is 1. The second-order valence-electron chi connectivity index (χ2n) is 4.72. The van der Waals surface area contributed by atoms with Gasteiger partial charge < -0.3 is 10.4 Å². The molecule has 6 nitrogen and oxygen atoms in total. The highest BCUT2D eigenvalue weighted by molar-refractivity contribution is 5.98. The molecule has 1 amide bonds. The average molecular weight is 276 g/mol. The molecule has 0 bridgehead atoms. The van der Waals surface area contributed by atoms with Gasteiger partial charge in [-0.15, -0.1) is 0 Å². The minimum absolute atomic E-state index is 0.115. The number of carbonyl (C=O) groups is 1. The smallest absolute Gasteiger partial charge is 0.282 e. The lowest BCUT2D eigenvalue weighted by molar-refractivity contribution is -0.385. The normalized spacial score (nSPS) is 13.9. The van der Waals surface area contributed by atoms with Crippen molar-refractivity contribution in [3.63, 3.8) is 0 Å². The first kappa shape index (κ1) is 14.0. The highest BCUT2D eigenvalue weighted by atomic mass is 16.6. The lowest BCUT2D eigenvalue weighted by Crippen LogP contribution is -2.25. The van der Waals surface area contributed by atoms with E-state index in [9.17, 15) is 20.0 Å². The molecule has 0 atom stereocenters. The fourth-order valence-electron chi connectivity index (χ4n) is 2.26. The molecule has 6 heteroatoms. The Bertz CT molecular complexity index is 566. The Morgan fingerprint density at radius 3 is 2.90 bits per heavy atom. The van der Waals surface area contributed by atoms with Crippen molar-refractivity contribution in [2.75, 3.05) is 6.54 Å². The van der Waals surface area contributed by atoms with Gasteiger partial charge in [-0.25, -0.2) is 0 Å². The van der Waals surface area contributed by atoms with E-state index in [4.69, 9.17) is 0 Å². The number of nitro benzene ring substituents is 1. The predicted octanol–water partition coefficient (Wildman–Crippen LogP) is 2.53. The van der Waals surface area contributed by atoms with Crippen LogP contribution >= 0.6 is 0 Å². The maximum Gasteiger partial charge on any atom is 0.282 e. The number of nitrogens with zero attached hydrogens (tertiary/aromatic N) is 1. The number of hydrogen-bond acceptors (Lipinski definition) is 4. The van der Waals surface area contributed by atoms with Crippen LogP contribution < -0.4 is 5.32 Å². The lowest BCUT2D eigenvalue weighted by atomic mass is 10.1. The molecular formula is C14H16N2O4. The summed E-state index contributed by atoms with van der Waals surface area (Å²) >= 11 is 0. The number of benzene rings is 1. The number of phenolic OH excluding ortho intramolecular Hbond substituents is 1. The Morgan fingerprint density at radius 2 is 2.25 bits per heavy atom. The molecule has 0 fully saturated rings. The van der Waals surface area contributed by atoms with Crippen LogP contribution in [0.25, 0.3) is 0 Å². The standard InChI is InChI=1S/C14H16N2O4/c17-11-5-6-13(16(19)20)12(9-11)14(18)15-8-7-10-3-1-2-4-10/h3,5-6,9,17H,1-2,4,7-8H2,(H,15,18). The summed E-state index contributed by atoms with van der Waals surface area (Å²) in [4.78, 5) is 22.2. The molecule has 1 aliphatic carbocycles. The largest absolute Gasteiger partial charge is 0.508 e. The van der Waals surface area contributed by atoms with E-state index in [2.05, 4.69) is 11.4 Å². The van der Waals surface area contributed by atoms with E-state index in [1.54, 1.807) is 0 Å². The predicted molar refractivity (Wildman–Crippen MR) is 73.6 cm³/mol. The van der Waals surface area contributed by atoms with Crippen LogP contribution in [-0.4, -0.2) is 22.5 Å². The molecule has 106 valence electrons. The molecule has 1 aromatic rings. The molecule has 0 radical (unpaired) electrons. The zero-order valence-electron chi connectivity index (χ0n) is 11.0. The van der Waals surface area contributed by atoms with Gasteiger partial charge in [-0.05, 0) is 37.8 Å². The lowest BCUT2D eigenvalue weighted by Gasteiger charge is -2.07. The molecule has 0 saturated carbocycles. The molecule has 0 saturated heterocycles. The molecule has 0 aromatic heterocycles. The first-order chi connectivity index (χ1) is 9.58. The van der Waals surface area contributed by atoms with Crippen molar-refractivity contribution in [1.82, 2.24) is 5.32 Å². The summed E-state index contributed by atoms with van der Waals surface area (Å²) in [5, 5.41) is 22.9. The third-order valence-electron chi connectivity index (χ3n) is 3.29. The maximum absolute atomic E-state index is 11.9. The number of nitrogens with one attached hydrogen (secondary N) is 1. The van der Waals surface area contributed by atoms with Crippen LogP contribution in [0.1, 0.15) is 36.0 Å². The molecule has 0 unspecified atom stereocenters. The number of aromatic hydroxyl groups is 1. The van der Waals surface area contributed by atoms with Gasteiger partial charge >= 0.3 is 0 Å². The Hall–Kier alpha value is -2.37. The third-order valence-corrected chi connectivity index (χ3v) is 3.29. The van der Waals surface area contributed by atoms with E-state index < -0.39 is 10.8 Å². The van der Waals surface area contributed by atoms with Gasteiger partial charge in [0, 0.05) is 12.6 Å². The molecule has 1 aromatic carbocycles. The van der Waals surface area contributed by atoms with E-state index in [1.165, 1.54) is 11.6 Å². The van der Waals surface area contributed by atoms with E-state index in [-0.39, 0.29) is 17.0 Å². The first-order valence-electron chi connectivity index (χ1n) is 6.51. The van der Waals surface area contributed by atoms with Gasteiger partial charge in [0.2, 0.25) is 0 Å². The molecule has 0 aliphatic heterocycles. The van der Waals surface area contributed by atoms with Gasteiger partial charge in [0.05, 0.1) is 4.92 Å². The van der Waals surface area contributed by atoms with E-state index in [0.717, 1.165) is 37.8 Å². The molecule has 1 aliphatic rings. The summed E-state index contributed by atoms with van der Waals surface area (Å²) < 4.78 is 0. The van der Waals surface area contributed by atoms with Crippen LogP contribution in [0.2, 0.25) is 0 Å². The Balaban J connectivity index is 2.01. The fraction of sp³-hybridized carbons (Fsp3) is 0.357. The van der Waals surface area contributed by atoms with Crippen molar-refractivity contribution in [3.05, 3.63) is 45.5 Å². The second-order valence-corrected chi connectivity index (χ2v) is 4.72. The van der Waals surface area contributed by atoms with E-state index in [1.807, 2.05) is 0 Å². The summed E-state index contributed by atoms with van der Waals surface area (Å²) in [6.07, 6.45) is 6.23. The minimum atomic E-state index is -0.631. The SMILES string of the molecule is O=C(NCCC1=CCCC1)c1cc(O)ccc1[N+](=O)[O-]. The van der Waals surface area contributed by atoms with Crippen LogP contribution in [0.5, 0.6) is 5.75 Å². The molecule has 2 N–H and O–H groups in total. The number of carbonyl (C=O) groups excluding carboxylic acids is 1. The van der Waals surface area contributed by atoms with Gasteiger partial charge in [0.25, 0.3) is 11.6 Å². The van der Waals surface area contributed by atoms with Gasteiger partial charge in [-0.1, -0.05) is 11.6 Å². The molecule has 0 heterocycles. The number of allylic oxidation sites excluding steroid dienone is 1. The van der Waals surface area contributed by atoms with Crippen molar-refractivity contribution in [1.29, 1.82) is 0 Å². The van der Waals surface area contributed by atoms with Crippen LogP contribution in [0.4, 0.5) is 5.69 Å². The number of nitro groups is 1. The van der Waals surface area contributed by atoms with Crippen LogP contribution in [-0.2, 0) is 0 Å². The van der Waals surface area contributed by atoms with Gasteiger partial charge in [0.15, 0.2) is 0 Å². The number of phenols is 1. The molecule has 0 spiro atoms. The second kappa shape index (κ2) is 6.18. The van der Waals surface area contributed by atoms with Crippen molar-refractivity contribution in [2.45, 2.75) is 25.7 Å². The monoisotopic (exact) mass is 276 g/mol. The van der Waals surface area contributed by atoms with E-state index >= 15 is 0 Å². The zero-order chi connectivity index (χ0) is 14.5. The molecular weight excluding hydrogens is 260 g/mol. The van der Waals surface area contributed by atoms with E-state index in [0.29, 0.717) is 6.54 Å². The number of rotatable bonds is 5. The van der Waals surface area contributed by atoms with Gasteiger partial charge in [-0.2, -0.15) is 0 Å². The Kier molecular flexibility index (Phi) is 4.34. The summed E-state index contributed by atoms with van der Waals surface area (Å²) in [5.74, 6) is -0.703. The summed E-state index contributed by atoms with van der Waals surface area (Å²) in [7, 11) is 0. The van der Waals surface area contributed by atoms with Crippen LogP contribution in [0.15, 0.2) is 29.8 Å². The minimum Gasteiger partial charge on any atom is -0.508 e. The maximum atomic E-state index is 11.9.